The third-order valence-electron chi connectivity index (χ3n) is 2.87. The normalized spacial score (nSPS) is 10.6. The van der Waals surface area contributed by atoms with E-state index in [1.165, 1.54) is 30.0 Å². The fraction of sp³-hybridized carbons (Fsp3) is 0.133. The van der Waals surface area contributed by atoms with E-state index in [2.05, 4.69) is 0 Å². The van der Waals surface area contributed by atoms with Gasteiger partial charge >= 0.3 is 5.97 Å². The highest BCUT2D eigenvalue weighted by molar-refractivity contribution is 7.98. The van der Waals surface area contributed by atoms with Crippen LogP contribution in [-0.2, 0) is 5.75 Å². The van der Waals surface area contributed by atoms with Crippen molar-refractivity contribution in [2.24, 2.45) is 0 Å². The van der Waals surface area contributed by atoms with Crippen LogP contribution < -0.4 is 0 Å². The van der Waals surface area contributed by atoms with Gasteiger partial charge in [-0.2, -0.15) is 0 Å². The molecule has 0 aliphatic heterocycles. The SMILES string of the molecule is Cc1ccc(F)cc1CSc1ccc(Cl)c(C(=O)O)c1. The predicted molar refractivity (Wildman–Crippen MR) is 79.1 cm³/mol. The fourth-order valence-corrected chi connectivity index (χ4v) is 2.91. The number of hydrogen-bond acceptors (Lipinski definition) is 2. The van der Waals surface area contributed by atoms with E-state index >= 15 is 0 Å². The fourth-order valence-electron chi connectivity index (χ4n) is 1.71. The van der Waals surface area contributed by atoms with E-state index in [9.17, 15) is 9.18 Å². The molecule has 0 spiro atoms. The molecule has 0 unspecified atom stereocenters. The zero-order chi connectivity index (χ0) is 14.7. The standard InChI is InChI=1S/C15H12ClFO2S/c1-9-2-3-11(17)6-10(9)8-20-12-4-5-14(16)13(7-12)15(18)19/h2-7H,8H2,1H3,(H,18,19). The molecule has 0 amide bonds. The zero-order valence-electron chi connectivity index (χ0n) is 10.7. The molecular weight excluding hydrogens is 299 g/mol. The Bertz CT molecular complexity index is 658. The van der Waals surface area contributed by atoms with Crippen molar-refractivity contribution < 1.29 is 14.3 Å². The second kappa shape index (κ2) is 6.29. The Morgan fingerprint density at radius 1 is 1.30 bits per heavy atom. The van der Waals surface area contributed by atoms with Crippen molar-refractivity contribution in [2.75, 3.05) is 0 Å². The first-order valence-corrected chi connectivity index (χ1v) is 7.24. The lowest BCUT2D eigenvalue weighted by atomic mass is 10.1. The second-order valence-electron chi connectivity index (χ2n) is 4.31. The molecule has 1 N–H and O–H groups in total. The van der Waals surface area contributed by atoms with Gasteiger partial charge < -0.3 is 5.11 Å². The summed E-state index contributed by atoms with van der Waals surface area (Å²) < 4.78 is 13.2. The molecule has 0 aliphatic carbocycles. The number of halogens is 2. The van der Waals surface area contributed by atoms with Crippen molar-refractivity contribution in [1.82, 2.24) is 0 Å². The summed E-state index contributed by atoms with van der Waals surface area (Å²) >= 11 is 7.26. The molecule has 0 aromatic heterocycles. The number of rotatable bonds is 4. The maximum Gasteiger partial charge on any atom is 0.337 e. The number of aromatic carboxylic acids is 1. The average molecular weight is 311 g/mol. The Hall–Kier alpha value is -1.52. The summed E-state index contributed by atoms with van der Waals surface area (Å²) in [6.07, 6.45) is 0. The molecule has 0 saturated heterocycles. The number of thioether (sulfide) groups is 1. The van der Waals surface area contributed by atoms with Gasteiger partial charge in [-0.3, -0.25) is 0 Å². The Labute approximate surface area is 125 Å². The maximum absolute atomic E-state index is 13.2. The summed E-state index contributed by atoms with van der Waals surface area (Å²) in [6.45, 7) is 1.92. The summed E-state index contributed by atoms with van der Waals surface area (Å²) in [6, 6.07) is 9.50. The molecule has 0 atom stereocenters. The summed E-state index contributed by atoms with van der Waals surface area (Å²) in [7, 11) is 0. The first-order valence-electron chi connectivity index (χ1n) is 5.88. The molecule has 104 valence electrons. The van der Waals surface area contributed by atoms with Gasteiger partial charge in [-0.05, 0) is 48.4 Å². The van der Waals surface area contributed by atoms with Crippen LogP contribution in [0.15, 0.2) is 41.3 Å². The van der Waals surface area contributed by atoms with Crippen LogP contribution in [-0.4, -0.2) is 11.1 Å². The van der Waals surface area contributed by atoms with Gasteiger partial charge in [-0.15, -0.1) is 11.8 Å². The molecule has 0 fully saturated rings. The Balaban J connectivity index is 2.17. The zero-order valence-corrected chi connectivity index (χ0v) is 12.3. The van der Waals surface area contributed by atoms with Crippen molar-refractivity contribution in [3.8, 4) is 0 Å². The first-order chi connectivity index (χ1) is 9.47. The maximum atomic E-state index is 13.2. The quantitative estimate of drug-likeness (QED) is 0.826. The minimum atomic E-state index is -1.06. The number of benzene rings is 2. The summed E-state index contributed by atoms with van der Waals surface area (Å²) in [4.78, 5) is 11.8. The monoisotopic (exact) mass is 310 g/mol. The molecule has 5 heteroatoms. The summed E-state index contributed by atoms with van der Waals surface area (Å²) in [5.41, 5.74) is 1.97. The number of carboxylic acids is 1. The highest BCUT2D eigenvalue weighted by atomic mass is 35.5. The van der Waals surface area contributed by atoms with Crippen LogP contribution in [0.25, 0.3) is 0 Å². The van der Waals surface area contributed by atoms with Crippen molar-refractivity contribution in [1.29, 1.82) is 0 Å². The molecule has 0 aliphatic rings. The molecule has 20 heavy (non-hydrogen) atoms. The number of hydrogen-bond donors (Lipinski definition) is 1. The van der Waals surface area contributed by atoms with Gasteiger partial charge in [-0.25, -0.2) is 9.18 Å². The van der Waals surface area contributed by atoms with Gasteiger partial charge in [0, 0.05) is 10.6 Å². The van der Waals surface area contributed by atoms with E-state index in [-0.39, 0.29) is 16.4 Å². The molecule has 0 bridgehead atoms. The van der Waals surface area contributed by atoms with E-state index in [0.717, 1.165) is 16.0 Å². The van der Waals surface area contributed by atoms with Crippen molar-refractivity contribution in [2.45, 2.75) is 17.6 Å². The lowest BCUT2D eigenvalue weighted by Gasteiger charge is -2.07. The molecule has 2 nitrogen and oxygen atoms in total. The van der Waals surface area contributed by atoms with Crippen LogP contribution in [0.2, 0.25) is 5.02 Å². The molecule has 2 rings (SSSR count). The molecule has 0 radical (unpaired) electrons. The Morgan fingerprint density at radius 2 is 2.05 bits per heavy atom. The van der Waals surface area contributed by atoms with Gasteiger partial charge in [0.2, 0.25) is 0 Å². The third-order valence-corrected chi connectivity index (χ3v) is 4.25. The van der Waals surface area contributed by atoms with Crippen LogP contribution in [0.5, 0.6) is 0 Å². The second-order valence-corrected chi connectivity index (χ2v) is 5.76. The summed E-state index contributed by atoms with van der Waals surface area (Å²) in [5.74, 6) is -0.752. The molecule has 2 aromatic rings. The van der Waals surface area contributed by atoms with Crippen molar-refractivity contribution in [3.63, 3.8) is 0 Å². The van der Waals surface area contributed by atoms with Crippen LogP contribution >= 0.6 is 23.4 Å². The van der Waals surface area contributed by atoms with Gasteiger partial charge in [0.1, 0.15) is 5.82 Å². The van der Waals surface area contributed by atoms with E-state index in [4.69, 9.17) is 16.7 Å². The minimum Gasteiger partial charge on any atom is -0.478 e. The lowest BCUT2D eigenvalue weighted by Crippen LogP contribution is -1.97. The van der Waals surface area contributed by atoms with E-state index in [1.54, 1.807) is 18.2 Å². The van der Waals surface area contributed by atoms with Crippen LogP contribution in [0.3, 0.4) is 0 Å². The molecule has 0 heterocycles. The van der Waals surface area contributed by atoms with Crippen molar-refractivity contribution >= 4 is 29.3 Å². The predicted octanol–water partition coefficient (Wildman–Crippen LogP) is 4.78. The topological polar surface area (TPSA) is 37.3 Å². The first kappa shape index (κ1) is 14.9. The smallest absolute Gasteiger partial charge is 0.337 e. The minimum absolute atomic E-state index is 0.0765. The van der Waals surface area contributed by atoms with E-state index < -0.39 is 5.97 Å². The van der Waals surface area contributed by atoms with E-state index in [1.807, 2.05) is 6.92 Å². The summed E-state index contributed by atoms with van der Waals surface area (Å²) in [5, 5.41) is 9.22. The highest BCUT2D eigenvalue weighted by Crippen LogP contribution is 2.28. The number of aryl methyl sites for hydroxylation is 1. The molecule has 0 saturated carbocycles. The average Bonchev–Trinajstić information content (AvgIpc) is 2.41. The lowest BCUT2D eigenvalue weighted by molar-refractivity contribution is 0.0697. The molecular formula is C15H12ClFO2S. The third kappa shape index (κ3) is 3.52. The van der Waals surface area contributed by atoms with Crippen LogP contribution in [0, 0.1) is 12.7 Å². The highest BCUT2D eigenvalue weighted by Gasteiger charge is 2.10. The Kier molecular flexibility index (Phi) is 4.68. The van der Waals surface area contributed by atoms with E-state index in [0.29, 0.717) is 5.75 Å². The number of carbonyl (C=O) groups is 1. The largest absolute Gasteiger partial charge is 0.478 e. The molecule has 2 aromatic carbocycles. The van der Waals surface area contributed by atoms with Crippen LogP contribution in [0.4, 0.5) is 4.39 Å². The van der Waals surface area contributed by atoms with Crippen LogP contribution in [0.1, 0.15) is 21.5 Å². The van der Waals surface area contributed by atoms with Gasteiger partial charge in [0.05, 0.1) is 10.6 Å². The van der Waals surface area contributed by atoms with Crippen molar-refractivity contribution in [3.05, 3.63) is 63.9 Å². The van der Waals surface area contributed by atoms with Gasteiger partial charge in [0.15, 0.2) is 0 Å². The van der Waals surface area contributed by atoms with Gasteiger partial charge in [0.25, 0.3) is 0 Å². The Morgan fingerprint density at radius 3 is 2.75 bits per heavy atom. The number of carboxylic acid groups (broad SMARTS) is 1. The van der Waals surface area contributed by atoms with Gasteiger partial charge in [-0.1, -0.05) is 17.7 Å².